The molecule has 5 atom stereocenters. The molecule has 4 heteroatoms. The van der Waals surface area contributed by atoms with E-state index in [1.54, 1.807) is 0 Å². The Morgan fingerprint density at radius 1 is 1.20 bits per heavy atom. The number of hydrogen-bond acceptors (Lipinski definition) is 3. The number of amides is 1. The maximum Gasteiger partial charge on any atom is 0.236 e. The minimum Gasteiger partial charge on any atom is -0.336 e. The van der Waals surface area contributed by atoms with Gasteiger partial charge in [-0.25, -0.2) is 0 Å². The topological polar surface area (TPSA) is 49.6 Å². The third-order valence-electron chi connectivity index (χ3n) is 5.40. The zero-order valence-electron chi connectivity index (χ0n) is 11.6. The average molecular weight is 271 g/mol. The fourth-order valence-electron chi connectivity index (χ4n) is 4.62. The number of hydrogen-bond donors (Lipinski definition) is 1. The summed E-state index contributed by atoms with van der Waals surface area (Å²) < 4.78 is 0. The highest BCUT2D eigenvalue weighted by molar-refractivity contribution is 5.79. The van der Waals surface area contributed by atoms with Crippen molar-refractivity contribution in [1.29, 1.82) is 0 Å². The molecule has 1 aromatic rings. The highest BCUT2D eigenvalue weighted by Gasteiger charge is 2.57. The Morgan fingerprint density at radius 2 is 2.00 bits per heavy atom. The summed E-state index contributed by atoms with van der Waals surface area (Å²) in [6, 6.07) is 11.5. The number of piperidine rings is 1. The van der Waals surface area contributed by atoms with Crippen LogP contribution in [-0.2, 0) is 4.79 Å². The quantitative estimate of drug-likeness (QED) is 0.859. The predicted octanol–water partition coefficient (Wildman–Crippen LogP) is 0.644. The summed E-state index contributed by atoms with van der Waals surface area (Å²) in [7, 11) is 0. The monoisotopic (exact) mass is 271 g/mol. The first-order valence-corrected chi connectivity index (χ1v) is 7.58. The van der Waals surface area contributed by atoms with Crippen LogP contribution in [0.3, 0.4) is 0 Å². The maximum absolute atomic E-state index is 12.2. The van der Waals surface area contributed by atoms with Crippen LogP contribution >= 0.6 is 0 Å². The van der Waals surface area contributed by atoms with Crippen molar-refractivity contribution in [2.75, 3.05) is 26.2 Å². The molecule has 0 radical (unpaired) electrons. The second kappa shape index (κ2) is 4.57. The maximum atomic E-state index is 12.2. The van der Waals surface area contributed by atoms with Gasteiger partial charge in [0.15, 0.2) is 0 Å². The molecule has 0 saturated carbocycles. The molecule has 3 unspecified atom stereocenters. The summed E-state index contributed by atoms with van der Waals surface area (Å²) in [5.41, 5.74) is 6.98. The van der Waals surface area contributed by atoms with Crippen LogP contribution in [0.25, 0.3) is 0 Å². The molecule has 2 N–H and O–H groups in total. The molecule has 3 fully saturated rings. The number of fused-ring (bicyclic) bond motifs is 5. The Bertz CT molecular complexity index is 518. The number of rotatable bonds is 2. The normalized spacial score (nSPS) is 38.2. The van der Waals surface area contributed by atoms with E-state index in [2.05, 4.69) is 40.1 Å². The largest absolute Gasteiger partial charge is 0.336 e. The smallest absolute Gasteiger partial charge is 0.236 e. The van der Waals surface area contributed by atoms with Gasteiger partial charge in [0, 0.05) is 25.0 Å². The Hall–Kier alpha value is -1.39. The number of nitrogens with zero attached hydrogens (tertiary/aromatic N) is 2. The van der Waals surface area contributed by atoms with Gasteiger partial charge in [-0.3, -0.25) is 9.69 Å². The molecule has 1 amide bonds. The summed E-state index contributed by atoms with van der Waals surface area (Å²) >= 11 is 0. The molecule has 4 rings (SSSR count). The van der Waals surface area contributed by atoms with Crippen molar-refractivity contribution in [2.45, 2.75) is 24.4 Å². The van der Waals surface area contributed by atoms with Crippen LogP contribution in [0.1, 0.15) is 17.9 Å². The summed E-state index contributed by atoms with van der Waals surface area (Å²) in [5, 5.41) is 0. The molecule has 3 heterocycles. The van der Waals surface area contributed by atoms with Crippen molar-refractivity contribution in [3.05, 3.63) is 35.9 Å². The lowest BCUT2D eigenvalue weighted by Gasteiger charge is -2.32. The van der Waals surface area contributed by atoms with Crippen LogP contribution in [-0.4, -0.2) is 54.0 Å². The first-order chi connectivity index (χ1) is 9.79. The summed E-state index contributed by atoms with van der Waals surface area (Å²) in [6.07, 6.45) is 1.23. The number of carbonyl (C=O) groups excluding carboxylic acids is 1. The Morgan fingerprint density at radius 3 is 2.75 bits per heavy atom. The van der Waals surface area contributed by atoms with Gasteiger partial charge in [0.2, 0.25) is 5.91 Å². The zero-order chi connectivity index (χ0) is 13.7. The molecule has 4 nitrogen and oxygen atoms in total. The summed E-state index contributed by atoms with van der Waals surface area (Å²) in [5.74, 6) is 1.22. The van der Waals surface area contributed by atoms with E-state index in [1.165, 1.54) is 18.5 Å². The standard InChI is InChI=1S/C16H21N3O/c17-8-14(20)19-10-13(11-4-2-1-3-5-11)16-15(19)12-6-7-18(16)9-12/h1-5,12-13,15-16H,6-10,17H2/t12?,13?,15-,16-/m1/s1. The summed E-state index contributed by atoms with van der Waals surface area (Å²) in [6.45, 7) is 3.33. The van der Waals surface area contributed by atoms with Gasteiger partial charge in [-0.1, -0.05) is 30.3 Å². The molecular weight excluding hydrogens is 250 g/mol. The lowest BCUT2D eigenvalue weighted by molar-refractivity contribution is -0.131. The first kappa shape index (κ1) is 12.4. The van der Waals surface area contributed by atoms with Gasteiger partial charge in [0.25, 0.3) is 0 Å². The van der Waals surface area contributed by atoms with Gasteiger partial charge in [-0.15, -0.1) is 0 Å². The highest BCUT2D eigenvalue weighted by Crippen LogP contribution is 2.47. The van der Waals surface area contributed by atoms with Crippen molar-refractivity contribution in [3.63, 3.8) is 0 Å². The second-order valence-corrected chi connectivity index (χ2v) is 6.29. The SMILES string of the molecule is NCC(=O)N1CC(c2ccccc2)[C@@H]2[C@H]1C1CCN2C1. The summed E-state index contributed by atoms with van der Waals surface area (Å²) in [4.78, 5) is 16.9. The van der Waals surface area contributed by atoms with Gasteiger partial charge < -0.3 is 10.6 Å². The molecule has 3 aliphatic rings. The van der Waals surface area contributed by atoms with Crippen LogP contribution in [0.15, 0.2) is 30.3 Å². The second-order valence-electron chi connectivity index (χ2n) is 6.29. The molecular formula is C16H21N3O. The Kier molecular flexibility index (Phi) is 2.82. The average Bonchev–Trinajstić information content (AvgIpc) is 3.19. The fourth-order valence-corrected chi connectivity index (χ4v) is 4.62. The molecule has 1 aromatic carbocycles. The third kappa shape index (κ3) is 1.64. The first-order valence-electron chi connectivity index (χ1n) is 7.58. The van der Waals surface area contributed by atoms with Gasteiger partial charge in [-0.2, -0.15) is 0 Å². The van der Waals surface area contributed by atoms with Crippen molar-refractivity contribution >= 4 is 5.91 Å². The molecule has 0 aliphatic carbocycles. The van der Waals surface area contributed by atoms with Gasteiger partial charge in [-0.05, 0) is 24.4 Å². The number of likely N-dealkylation sites (tertiary alicyclic amines) is 1. The molecule has 3 saturated heterocycles. The molecule has 20 heavy (non-hydrogen) atoms. The Labute approximate surface area is 119 Å². The minimum absolute atomic E-state index is 0.118. The van der Waals surface area contributed by atoms with E-state index in [1.807, 2.05) is 0 Å². The van der Waals surface area contributed by atoms with Gasteiger partial charge in [0.1, 0.15) is 0 Å². The number of benzene rings is 1. The van der Waals surface area contributed by atoms with Gasteiger partial charge in [0.05, 0.1) is 12.6 Å². The number of carbonyl (C=O) groups is 1. The lowest BCUT2D eigenvalue weighted by Crippen LogP contribution is -2.47. The highest BCUT2D eigenvalue weighted by atomic mass is 16.2. The van der Waals surface area contributed by atoms with Crippen LogP contribution in [0.4, 0.5) is 0 Å². The molecule has 0 aromatic heterocycles. The van der Waals surface area contributed by atoms with Crippen LogP contribution in [0.5, 0.6) is 0 Å². The molecule has 0 spiro atoms. The van der Waals surface area contributed by atoms with Crippen LogP contribution < -0.4 is 5.73 Å². The van der Waals surface area contributed by atoms with E-state index >= 15 is 0 Å². The molecule has 106 valence electrons. The minimum atomic E-state index is 0.118. The lowest BCUT2D eigenvalue weighted by atomic mass is 9.86. The van der Waals surface area contributed by atoms with Crippen molar-refractivity contribution in [1.82, 2.24) is 9.80 Å². The Balaban J connectivity index is 1.70. The van der Waals surface area contributed by atoms with Crippen LogP contribution in [0, 0.1) is 5.92 Å². The molecule has 3 aliphatic heterocycles. The van der Waals surface area contributed by atoms with E-state index in [4.69, 9.17) is 5.73 Å². The van der Waals surface area contributed by atoms with Gasteiger partial charge >= 0.3 is 0 Å². The predicted molar refractivity (Wildman–Crippen MR) is 77.2 cm³/mol. The van der Waals surface area contributed by atoms with Crippen molar-refractivity contribution in [2.24, 2.45) is 11.7 Å². The fraction of sp³-hybridized carbons (Fsp3) is 0.562. The molecule has 2 bridgehead atoms. The van der Waals surface area contributed by atoms with E-state index in [0.717, 1.165) is 13.1 Å². The number of nitrogens with two attached hydrogens (primary N) is 1. The van der Waals surface area contributed by atoms with E-state index in [0.29, 0.717) is 23.9 Å². The zero-order valence-corrected chi connectivity index (χ0v) is 11.6. The third-order valence-corrected chi connectivity index (χ3v) is 5.40. The van der Waals surface area contributed by atoms with Crippen molar-refractivity contribution in [3.8, 4) is 0 Å². The van der Waals surface area contributed by atoms with Crippen LogP contribution in [0.2, 0.25) is 0 Å². The van der Waals surface area contributed by atoms with E-state index < -0.39 is 0 Å². The van der Waals surface area contributed by atoms with E-state index in [9.17, 15) is 4.79 Å². The van der Waals surface area contributed by atoms with Crippen molar-refractivity contribution < 1.29 is 4.79 Å². The van der Waals surface area contributed by atoms with E-state index in [-0.39, 0.29) is 12.5 Å².